The summed E-state index contributed by atoms with van der Waals surface area (Å²) >= 11 is 6.02. The fraction of sp³-hybridized carbons (Fsp3) is 0.136. The molecule has 5 nitrogen and oxygen atoms in total. The molecule has 0 amide bonds. The second kappa shape index (κ2) is 9.30. The Kier molecular flexibility index (Phi) is 6.57. The van der Waals surface area contributed by atoms with Crippen LogP contribution in [-0.4, -0.2) is 18.2 Å². The highest BCUT2D eigenvalue weighted by atomic mass is 35.5. The van der Waals surface area contributed by atoms with E-state index in [2.05, 4.69) is 5.32 Å². The molecule has 0 aliphatic carbocycles. The van der Waals surface area contributed by atoms with Gasteiger partial charge in [-0.1, -0.05) is 29.8 Å². The lowest BCUT2D eigenvalue weighted by Crippen LogP contribution is -2.04. The molecule has 3 aromatic rings. The maximum Gasteiger partial charge on any atom is 0.335 e. The van der Waals surface area contributed by atoms with Crippen LogP contribution in [-0.2, 0) is 13.2 Å². The molecule has 0 bridgehead atoms. The molecule has 3 rings (SSSR count). The van der Waals surface area contributed by atoms with Crippen LogP contribution in [0.5, 0.6) is 11.5 Å². The first kappa shape index (κ1) is 20.5. The number of nitrogens with one attached hydrogen (secondary N) is 1. The molecule has 0 aromatic heterocycles. The number of halogens is 2. The fourth-order valence-electron chi connectivity index (χ4n) is 2.72. The lowest BCUT2D eigenvalue weighted by atomic mass is 10.1. The number of anilines is 1. The van der Waals surface area contributed by atoms with Crippen LogP contribution in [0.15, 0.2) is 60.7 Å². The van der Waals surface area contributed by atoms with Crippen molar-refractivity contribution in [1.29, 1.82) is 0 Å². The van der Waals surface area contributed by atoms with Crippen molar-refractivity contribution in [3.05, 3.63) is 88.2 Å². The van der Waals surface area contributed by atoms with Gasteiger partial charge >= 0.3 is 5.97 Å². The van der Waals surface area contributed by atoms with Gasteiger partial charge in [-0.05, 0) is 48.0 Å². The van der Waals surface area contributed by atoms with E-state index in [0.29, 0.717) is 34.3 Å². The fourth-order valence-corrected chi connectivity index (χ4v) is 2.94. The van der Waals surface area contributed by atoms with E-state index < -0.39 is 11.8 Å². The number of carboxylic acids is 1. The number of benzene rings is 3. The van der Waals surface area contributed by atoms with Crippen molar-refractivity contribution < 1.29 is 23.8 Å². The van der Waals surface area contributed by atoms with Gasteiger partial charge < -0.3 is 19.9 Å². The third-order valence-electron chi connectivity index (χ3n) is 4.24. The maximum atomic E-state index is 13.1. The van der Waals surface area contributed by atoms with Gasteiger partial charge in [-0.2, -0.15) is 0 Å². The van der Waals surface area contributed by atoms with E-state index in [0.717, 1.165) is 5.56 Å². The Morgan fingerprint density at radius 2 is 1.97 bits per heavy atom. The van der Waals surface area contributed by atoms with Gasteiger partial charge in [0.05, 0.1) is 23.4 Å². The number of carbonyl (C=O) groups is 1. The third kappa shape index (κ3) is 5.39. The van der Waals surface area contributed by atoms with Crippen molar-refractivity contribution in [2.24, 2.45) is 0 Å². The molecule has 0 radical (unpaired) electrons. The predicted octanol–water partition coefficient (Wildman–Crippen LogP) is 5.38. The Morgan fingerprint density at radius 3 is 2.69 bits per heavy atom. The van der Waals surface area contributed by atoms with Crippen LogP contribution in [0.4, 0.5) is 10.1 Å². The molecular weight excluding hydrogens is 397 g/mol. The molecule has 150 valence electrons. The highest BCUT2D eigenvalue weighted by Crippen LogP contribution is 2.27. The van der Waals surface area contributed by atoms with Gasteiger partial charge in [0.15, 0.2) is 0 Å². The zero-order valence-corrected chi connectivity index (χ0v) is 16.4. The normalized spacial score (nSPS) is 10.4. The number of ether oxygens (including phenoxy) is 2. The van der Waals surface area contributed by atoms with Crippen LogP contribution < -0.4 is 14.8 Å². The number of methoxy groups -OCH3 is 1. The molecular formula is C22H19ClFNO4. The minimum absolute atomic E-state index is 0.168. The molecule has 0 saturated heterocycles. The second-order valence-electron chi connectivity index (χ2n) is 6.25. The van der Waals surface area contributed by atoms with Gasteiger partial charge in [-0.15, -0.1) is 0 Å². The summed E-state index contributed by atoms with van der Waals surface area (Å²) in [5, 5.41) is 12.7. The molecule has 0 aliphatic rings. The highest BCUT2D eigenvalue weighted by molar-refractivity contribution is 6.31. The zero-order valence-electron chi connectivity index (χ0n) is 15.6. The first-order chi connectivity index (χ1) is 14.0. The van der Waals surface area contributed by atoms with Crippen LogP contribution in [0.1, 0.15) is 21.5 Å². The average Bonchev–Trinajstić information content (AvgIpc) is 2.71. The quantitative estimate of drug-likeness (QED) is 0.517. The van der Waals surface area contributed by atoms with E-state index in [1.165, 1.54) is 31.4 Å². The molecule has 0 unspecified atom stereocenters. The van der Waals surface area contributed by atoms with E-state index in [9.17, 15) is 9.18 Å². The minimum atomic E-state index is -1.01. The van der Waals surface area contributed by atoms with E-state index in [1.807, 2.05) is 24.3 Å². The smallest absolute Gasteiger partial charge is 0.335 e. The Labute approximate surface area is 172 Å². The summed E-state index contributed by atoms with van der Waals surface area (Å²) in [7, 11) is 1.52. The van der Waals surface area contributed by atoms with Crippen LogP contribution in [0, 0.1) is 5.82 Å². The number of carboxylic acid groups (broad SMARTS) is 1. The summed E-state index contributed by atoms with van der Waals surface area (Å²) < 4.78 is 24.2. The van der Waals surface area contributed by atoms with Crippen molar-refractivity contribution in [3.8, 4) is 11.5 Å². The van der Waals surface area contributed by atoms with Gasteiger partial charge in [0.25, 0.3) is 0 Å². The summed E-state index contributed by atoms with van der Waals surface area (Å²) in [6, 6.07) is 16.2. The second-order valence-corrected chi connectivity index (χ2v) is 6.65. The van der Waals surface area contributed by atoms with E-state index in [4.69, 9.17) is 26.2 Å². The number of rotatable bonds is 8. The molecule has 0 heterocycles. The molecule has 29 heavy (non-hydrogen) atoms. The van der Waals surface area contributed by atoms with Gasteiger partial charge in [0.2, 0.25) is 0 Å². The number of hydrogen-bond acceptors (Lipinski definition) is 4. The van der Waals surface area contributed by atoms with E-state index in [-0.39, 0.29) is 12.2 Å². The van der Waals surface area contributed by atoms with Gasteiger partial charge in [0.1, 0.15) is 23.9 Å². The molecule has 3 aromatic carbocycles. The standard InChI is InChI=1S/C22H19ClFNO4/c1-28-21-8-6-15(22(26)27)10-20(21)25-12-14-3-2-4-18(9-14)29-13-16-5-7-17(24)11-19(16)23/h2-11,25H,12-13H2,1H3,(H,26,27). The number of aromatic carboxylic acids is 1. The summed E-state index contributed by atoms with van der Waals surface area (Å²) in [6.07, 6.45) is 0. The van der Waals surface area contributed by atoms with Crippen LogP contribution in [0.3, 0.4) is 0 Å². The molecule has 0 atom stereocenters. The lowest BCUT2D eigenvalue weighted by Gasteiger charge is -2.13. The SMILES string of the molecule is COc1ccc(C(=O)O)cc1NCc1cccc(OCc2ccc(F)cc2Cl)c1. The van der Waals surface area contributed by atoms with Gasteiger partial charge in [-0.25, -0.2) is 9.18 Å². The molecule has 2 N–H and O–H groups in total. The Bertz CT molecular complexity index is 1030. The Hall–Kier alpha value is -3.25. The average molecular weight is 416 g/mol. The molecule has 0 fully saturated rings. The molecule has 0 saturated carbocycles. The Balaban J connectivity index is 1.67. The summed E-state index contributed by atoms with van der Waals surface area (Å²) in [5.41, 5.74) is 2.36. The maximum absolute atomic E-state index is 13.1. The largest absolute Gasteiger partial charge is 0.495 e. The summed E-state index contributed by atoms with van der Waals surface area (Å²) in [4.78, 5) is 11.2. The van der Waals surface area contributed by atoms with Gasteiger partial charge in [0, 0.05) is 12.1 Å². The topological polar surface area (TPSA) is 67.8 Å². The van der Waals surface area contributed by atoms with Crippen molar-refractivity contribution >= 4 is 23.3 Å². The molecule has 0 spiro atoms. The number of hydrogen-bond donors (Lipinski definition) is 2. The highest BCUT2D eigenvalue weighted by Gasteiger charge is 2.09. The van der Waals surface area contributed by atoms with Crippen LogP contribution in [0.25, 0.3) is 0 Å². The lowest BCUT2D eigenvalue weighted by molar-refractivity contribution is 0.0697. The Morgan fingerprint density at radius 1 is 1.14 bits per heavy atom. The van der Waals surface area contributed by atoms with Crippen molar-refractivity contribution in [2.45, 2.75) is 13.2 Å². The van der Waals surface area contributed by atoms with Gasteiger partial charge in [-0.3, -0.25) is 0 Å². The van der Waals surface area contributed by atoms with Crippen LogP contribution >= 0.6 is 11.6 Å². The first-order valence-corrected chi connectivity index (χ1v) is 9.15. The summed E-state index contributed by atoms with van der Waals surface area (Å²) in [6.45, 7) is 0.651. The molecule has 7 heteroatoms. The van der Waals surface area contributed by atoms with E-state index >= 15 is 0 Å². The predicted molar refractivity (Wildman–Crippen MR) is 109 cm³/mol. The van der Waals surface area contributed by atoms with Crippen LogP contribution in [0.2, 0.25) is 5.02 Å². The zero-order chi connectivity index (χ0) is 20.8. The first-order valence-electron chi connectivity index (χ1n) is 8.77. The van der Waals surface area contributed by atoms with E-state index in [1.54, 1.807) is 12.1 Å². The third-order valence-corrected chi connectivity index (χ3v) is 4.59. The van der Waals surface area contributed by atoms with Crippen molar-refractivity contribution in [2.75, 3.05) is 12.4 Å². The minimum Gasteiger partial charge on any atom is -0.495 e. The monoisotopic (exact) mass is 415 g/mol. The van der Waals surface area contributed by atoms with Crippen molar-refractivity contribution in [1.82, 2.24) is 0 Å². The van der Waals surface area contributed by atoms with Crippen molar-refractivity contribution in [3.63, 3.8) is 0 Å². The summed E-state index contributed by atoms with van der Waals surface area (Å²) in [5.74, 6) is -0.218. The molecule has 0 aliphatic heterocycles.